The summed E-state index contributed by atoms with van der Waals surface area (Å²) >= 11 is 11.1. The van der Waals surface area contributed by atoms with Crippen LogP contribution in [0.25, 0.3) is 0 Å². The summed E-state index contributed by atoms with van der Waals surface area (Å²) < 4.78 is 13.7. The Balaban J connectivity index is 1.58. The van der Waals surface area contributed by atoms with Crippen LogP contribution in [0.15, 0.2) is 72.8 Å². The molecule has 4 nitrogen and oxygen atoms in total. The summed E-state index contributed by atoms with van der Waals surface area (Å²) in [5.41, 5.74) is 2.09. The topological polar surface area (TPSA) is 53.2 Å². The molecule has 0 spiro atoms. The van der Waals surface area contributed by atoms with Gasteiger partial charge in [0.05, 0.1) is 5.56 Å². The van der Waals surface area contributed by atoms with Gasteiger partial charge in [-0.25, -0.2) is 4.39 Å². The van der Waals surface area contributed by atoms with Crippen molar-refractivity contribution in [3.05, 3.63) is 89.2 Å². The minimum Gasteiger partial charge on any atom is -0.332 e. The largest absolute Gasteiger partial charge is 0.332 e. The van der Waals surface area contributed by atoms with Crippen LogP contribution < -0.4 is 16.0 Å². The molecule has 0 saturated carbocycles. The molecule has 3 aromatic carbocycles. The molecule has 0 aromatic heterocycles. The molecule has 3 aromatic rings. The van der Waals surface area contributed by atoms with Gasteiger partial charge in [-0.1, -0.05) is 23.7 Å². The first-order valence-electron chi connectivity index (χ1n) is 8.01. The van der Waals surface area contributed by atoms with Gasteiger partial charge < -0.3 is 16.0 Å². The zero-order valence-electron chi connectivity index (χ0n) is 14.0. The van der Waals surface area contributed by atoms with Gasteiger partial charge in [0.15, 0.2) is 5.11 Å². The number of thiocarbonyl (C=S) groups is 1. The predicted molar refractivity (Wildman–Crippen MR) is 112 cm³/mol. The van der Waals surface area contributed by atoms with E-state index < -0.39 is 11.7 Å². The van der Waals surface area contributed by atoms with Gasteiger partial charge in [-0.2, -0.15) is 0 Å². The van der Waals surface area contributed by atoms with E-state index in [2.05, 4.69) is 16.0 Å². The molecule has 3 rings (SSSR count). The van der Waals surface area contributed by atoms with Crippen molar-refractivity contribution in [2.45, 2.75) is 0 Å². The Morgan fingerprint density at radius 3 is 1.81 bits per heavy atom. The molecule has 27 heavy (non-hydrogen) atoms. The van der Waals surface area contributed by atoms with Gasteiger partial charge in [0.25, 0.3) is 5.91 Å². The van der Waals surface area contributed by atoms with E-state index in [-0.39, 0.29) is 5.56 Å². The highest BCUT2D eigenvalue weighted by Gasteiger charge is 2.10. The molecule has 0 aliphatic heterocycles. The molecule has 0 aliphatic carbocycles. The Hall–Kier alpha value is -2.96. The molecule has 0 aliphatic rings. The number of amides is 1. The maximum atomic E-state index is 13.7. The van der Waals surface area contributed by atoms with Crippen LogP contribution in [0.2, 0.25) is 5.02 Å². The van der Waals surface area contributed by atoms with Crippen LogP contribution >= 0.6 is 23.8 Å². The second kappa shape index (κ2) is 8.62. The third kappa shape index (κ3) is 5.26. The van der Waals surface area contributed by atoms with E-state index >= 15 is 0 Å². The van der Waals surface area contributed by atoms with Gasteiger partial charge in [0.2, 0.25) is 0 Å². The second-order valence-electron chi connectivity index (χ2n) is 5.60. The van der Waals surface area contributed by atoms with E-state index in [0.29, 0.717) is 15.8 Å². The molecule has 1 amide bonds. The Labute approximate surface area is 166 Å². The van der Waals surface area contributed by atoms with Crippen LogP contribution in [-0.4, -0.2) is 11.0 Å². The highest BCUT2D eigenvalue weighted by molar-refractivity contribution is 7.80. The maximum absolute atomic E-state index is 13.7. The number of hydrogen-bond donors (Lipinski definition) is 3. The average molecular weight is 400 g/mol. The molecular formula is C20H15ClFN3OS. The first kappa shape index (κ1) is 18.8. The van der Waals surface area contributed by atoms with E-state index in [9.17, 15) is 9.18 Å². The molecule has 0 bridgehead atoms. The molecule has 0 atom stereocenters. The normalized spacial score (nSPS) is 10.1. The molecule has 3 N–H and O–H groups in total. The van der Waals surface area contributed by atoms with E-state index in [0.717, 1.165) is 11.4 Å². The van der Waals surface area contributed by atoms with Crippen molar-refractivity contribution in [1.29, 1.82) is 0 Å². The van der Waals surface area contributed by atoms with Crippen molar-refractivity contribution < 1.29 is 9.18 Å². The highest BCUT2D eigenvalue weighted by Crippen LogP contribution is 2.17. The van der Waals surface area contributed by atoms with Gasteiger partial charge in [0.1, 0.15) is 5.82 Å². The number of rotatable bonds is 4. The number of benzene rings is 3. The molecule has 136 valence electrons. The van der Waals surface area contributed by atoms with Crippen molar-refractivity contribution in [2.24, 2.45) is 0 Å². The number of carbonyl (C=O) groups is 1. The van der Waals surface area contributed by atoms with Crippen LogP contribution in [0.1, 0.15) is 10.4 Å². The predicted octanol–water partition coefficient (Wildman–Crippen LogP) is 5.54. The van der Waals surface area contributed by atoms with Crippen molar-refractivity contribution in [3.8, 4) is 0 Å². The first-order valence-corrected chi connectivity index (χ1v) is 8.79. The zero-order valence-corrected chi connectivity index (χ0v) is 15.6. The lowest BCUT2D eigenvalue weighted by Crippen LogP contribution is -2.19. The standard InChI is InChI=1S/C20H15ClFN3OS/c21-13-5-7-15(8-6-13)24-20(27)25-16-11-9-14(10-12-16)23-19(26)17-3-1-2-4-18(17)22/h1-12H,(H,23,26)(H2,24,25,27). The molecule has 0 saturated heterocycles. The van der Waals surface area contributed by atoms with Crippen molar-refractivity contribution in [3.63, 3.8) is 0 Å². The monoisotopic (exact) mass is 399 g/mol. The van der Waals surface area contributed by atoms with Crippen LogP contribution in [0.5, 0.6) is 0 Å². The van der Waals surface area contributed by atoms with Gasteiger partial charge in [0, 0.05) is 22.1 Å². The molecule has 0 radical (unpaired) electrons. The number of anilines is 3. The van der Waals surface area contributed by atoms with Crippen molar-refractivity contribution in [1.82, 2.24) is 0 Å². The fraction of sp³-hybridized carbons (Fsp3) is 0. The zero-order chi connectivity index (χ0) is 19.2. The number of nitrogens with one attached hydrogen (secondary N) is 3. The molecule has 0 fully saturated rings. The lowest BCUT2D eigenvalue weighted by Gasteiger charge is -2.11. The first-order chi connectivity index (χ1) is 13.0. The van der Waals surface area contributed by atoms with Crippen LogP contribution in [-0.2, 0) is 0 Å². The summed E-state index contributed by atoms with van der Waals surface area (Å²) in [7, 11) is 0. The van der Waals surface area contributed by atoms with Crippen molar-refractivity contribution in [2.75, 3.05) is 16.0 Å². The lowest BCUT2D eigenvalue weighted by molar-refractivity contribution is 0.102. The SMILES string of the molecule is O=C(Nc1ccc(NC(=S)Nc2ccc(Cl)cc2)cc1)c1ccccc1F. The third-order valence-electron chi connectivity index (χ3n) is 3.62. The maximum Gasteiger partial charge on any atom is 0.258 e. The Morgan fingerprint density at radius 2 is 1.26 bits per heavy atom. The van der Waals surface area contributed by atoms with E-state index in [4.69, 9.17) is 23.8 Å². The van der Waals surface area contributed by atoms with Gasteiger partial charge in [-0.15, -0.1) is 0 Å². The fourth-order valence-corrected chi connectivity index (χ4v) is 2.67. The summed E-state index contributed by atoms with van der Waals surface area (Å²) in [6.07, 6.45) is 0. The van der Waals surface area contributed by atoms with Gasteiger partial charge in [-0.05, 0) is 72.9 Å². The second-order valence-corrected chi connectivity index (χ2v) is 6.44. The third-order valence-corrected chi connectivity index (χ3v) is 4.08. The minimum absolute atomic E-state index is 0.00644. The fourth-order valence-electron chi connectivity index (χ4n) is 2.31. The minimum atomic E-state index is -0.563. The molecule has 0 heterocycles. The Morgan fingerprint density at radius 1 is 0.778 bits per heavy atom. The summed E-state index contributed by atoms with van der Waals surface area (Å²) in [5.74, 6) is -1.07. The summed E-state index contributed by atoms with van der Waals surface area (Å²) in [6, 6.07) is 19.9. The van der Waals surface area contributed by atoms with E-state index in [1.165, 1.54) is 18.2 Å². The van der Waals surface area contributed by atoms with E-state index in [1.54, 1.807) is 42.5 Å². The summed E-state index contributed by atoms with van der Waals surface area (Å²) in [6.45, 7) is 0. The molecule has 0 unspecified atom stereocenters. The summed E-state index contributed by atoms with van der Waals surface area (Å²) in [4.78, 5) is 12.1. The Bertz CT molecular complexity index is 962. The number of carbonyl (C=O) groups excluding carboxylic acids is 1. The van der Waals surface area contributed by atoms with Crippen LogP contribution in [0.4, 0.5) is 21.5 Å². The van der Waals surface area contributed by atoms with Crippen molar-refractivity contribution >= 4 is 51.9 Å². The number of hydrogen-bond acceptors (Lipinski definition) is 2. The quantitative estimate of drug-likeness (QED) is 0.504. The Kier molecular flexibility index (Phi) is 6.01. The van der Waals surface area contributed by atoms with Gasteiger partial charge >= 0.3 is 0 Å². The van der Waals surface area contributed by atoms with Crippen LogP contribution in [0.3, 0.4) is 0 Å². The summed E-state index contributed by atoms with van der Waals surface area (Å²) in [5, 5.41) is 9.80. The highest BCUT2D eigenvalue weighted by atomic mass is 35.5. The average Bonchev–Trinajstić information content (AvgIpc) is 2.65. The molecule has 7 heteroatoms. The van der Waals surface area contributed by atoms with Crippen LogP contribution in [0, 0.1) is 5.82 Å². The lowest BCUT2D eigenvalue weighted by atomic mass is 10.2. The van der Waals surface area contributed by atoms with E-state index in [1.807, 2.05) is 12.1 Å². The number of halogens is 2. The smallest absolute Gasteiger partial charge is 0.258 e. The molecular weight excluding hydrogens is 385 g/mol. The van der Waals surface area contributed by atoms with Gasteiger partial charge in [-0.3, -0.25) is 4.79 Å².